The molecule has 0 aliphatic heterocycles. The van der Waals surface area contributed by atoms with Crippen LogP contribution in [0.3, 0.4) is 0 Å². The number of alkyl halides is 1. The average molecular weight is 140 g/mol. The van der Waals surface area contributed by atoms with Crippen molar-refractivity contribution in [2.24, 2.45) is 0 Å². The van der Waals surface area contributed by atoms with Gasteiger partial charge in [-0.1, -0.05) is 18.2 Å². The normalized spacial score (nSPS) is 13.0. The first-order chi connectivity index (χ1) is 4.84. The number of hydrogen-bond acceptors (Lipinski definition) is 0. The lowest BCUT2D eigenvalue weighted by atomic mass is 10.3. The summed E-state index contributed by atoms with van der Waals surface area (Å²) >= 11 is 0. The monoisotopic (exact) mass is 140 g/mol. The number of quaternary nitrogens is 1. The van der Waals surface area contributed by atoms with E-state index in [9.17, 15) is 4.39 Å². The molecule has 0 bridgehead atoms. The van der Waals surface area contributed by atoms with Crippen LogP contribution in [0.4, 0.5) is 10.1 Å². The zero-order chi connectivity index (χ0) is 7.40. The van der Waals surface area contributed by atoms with Crippen LogP contribution in [-0.4, -0.2) is 13.8 Å². The van der Waals surface area contributed by atoms with Gasteiger partial charge in [-0.25, -0.2) is 0 Å². The van der Waals surface area contributed by atoms with Crippen molar-refractivity contribution in [1.29, 1.82) is 0 Å². The van der Waals surface area contributed by atoms with Gasteiger partial charge in [0.1, 0.15) is 5.69 Å². The Bertz CT molecular complexity index is 186. The van der Waals surface area contributed by atoms with E-state index in [2.05, 4.69) is 0 Å². The average Bonchev–Trinajstić information content (AvgIpc) is 2.05. The van der Waals surface area contributed by atoms with Gasteiger partial charge < -0.3 is 0 Å². The van der Waals surface area contributed by atoms with Crippen LogP contribution >= 0.6 is 0 Å². The van der Waals surface area contributed by atoms with E-state index in [4.69, 9.17) is 0 Å². The minimum atomic E-state index is -0.357. The molecular formula is C8H11FN+. The topological polar surface area (TPSA) is 4.44 Å². The van der Waals surface area contributed by atoms with Gasteiger partial charge in [0.25, 0.3) is 0 Å². The molecule has 1 N–H and O–H groups in total. The quantitative estimate of drug-likeness (QED) is 0.578. The fraction of sp³-hybridized carbons (Fsp3) is 0.250. The van der Waals surface area contributed by atoms with E-state index in [1.807, 2.05) is 30.3 Å². The molecule has 1 aromatic carbocycles. The Labute approximate surface area is 60.1 Å². The van der Waals surface area contributed by atoms with Crippen molar-refractivity contribution in [3.63, 3.8) is 0 Å². The number of rotatable bonds is 2. The zero-order valence-corrected chi connectivity index (χ0v) is 5.97. The minimum Gasteiger partial charge on any atom is -0.279 e. The molecule has 10 heavy (non-hydrogen) atoms. The largest absolute Gasteiger partial charge is 0.279 e. The van der Waals surface area contributed by atoms with Gasteiger partial charge in [-0.15, -0.1) is 0 Å². The van der Waals surface area contributed by atoms with Gasteiger partial charge in [0.2, 0.25) is 6.80 Å². The van der Waals surface area contributed by atoms with Gasteiger partial charge in [0.05, 0.1) is 7.05 Å². The predicted octanol–water partition coefficient (Wildman–Crippen LogP) is 0.760. The summed E-state index contributed by atoms with van der Waals surface area (Å²) in [5.74, 6) is 0. The van der Waals surface area contributed by atoms with Crippen LogP contribution in [0.25, 0.3) is 0 Å². The van der Waals surface area contributed by atoms with Gasteiger partial charge in [0, 0.05) is 0 Å². The van der Waals surface area contributed by atoms with Crippen molar-refractivity contribution in [1.82, 2.24) is 0 Å². The summed E-state index contributed by atoms with van der Waals surface area (Å²) in [4.78, 5) is 0.792. The highest BCUT2D eigenvalue weighted by molar-refractivity contribution is 5.27. The third-order valence-electron chi connectivity index (χ3n) is 1.47. The molecule has 2 heteroatoms. The van der Waals surface area contributed by atoms with Gasteiger partial charge in [-0.05, 0) is 12.1 Å². The fourth-order valence-corrected chi connectivity index (χ4v) is 0.800. The summed E-state index contributed by atoms with van der Waals surface area (Å²) in [7, 11) is 1.80. The zero-order valence-electron chi connectivity index (χ0n) is 5.97. The molecule has 0 amide bonds. The van der Waals surface area contributed by atoms with E-state index in [-0.39, 0.29) is 6.80 Å². The second kappa shape index (κ2) is 3.32. The van der Waals surface area contributed by atoms with Crippen LogP contribution in [0.5, 0.6) is 0 Å². The van der Waals surface area contributed by atoms with Crippen molar-refractivity contribution < 1.29 is 9.29 Å². The fourth-order valence-electron chi connectivity index (χ4n) is 0.800. The maximum atomic E-state index is 12.0. The van der Waals surface area contributed by atoms with Crippen molar-refractivity contribution >= 4 is 5.69 Å². The maximum absolute atomic E-state index is 12.0. The molecule has 0 heterocycles. The molecule has 0 radical (unpaired) electrons. The summed E-state index contributed by atoms with van der Waals surface area (Å²) in [5, 5.41) is 0. The molecule has 1 atom stereocenters. The Hall–Kier alpha value is -0.890. The number of benzene rings is 1. The summed E-state index contributed by atoms with van der Waals surface area (Å²) in [5.41, 5.74) is 0.991. The highest BCUT2D eigenvalue weighted by Crippen LogP contribution is 1.96. The van der Waals surface area contributed by atoms with Crippen molar-refractivity contribution in [2.45, 2.75) is 0 Å². The molecule has 0 saturated carbocycles. The first-order valence-electron chi connectivity index (χ1n) is 3.28. The van der Waals surface area contributed by atoms with Crippen LogP contribution in [0.1, 0.15) is 0 Å². The maximum Gasteiger partial charge on any atom is 0.225 e. The Morgan fingerprint density at radius 3 is 2.40 bits per heavy atom. The Morgan fingerprint density at radius 1 is 1.30 bits per heavy atom. The molecule has 1 aromatic rings. The number of para-hydroxylation sites is 1. The lowest BCUT2D eigenvalue weighted by Gasteiger charge is -2.06. The van der Waals surface area contributed by atoms with Crippen molar-refractivity contribution in [3.05, 3.63) is 30.3 Å². The lowest BCUT2D eigenvalue weighted by molar-refractivity contribution is -0.825. The molecule has 0 aliphatic carbocycles. The molecule has 54 valence electrons. The van der Waals surface area contributed by atoms with E-state index in [1.54, 1.807) is 7.05 Å². The molecule has 1 nitrogen and oxygen atoms in total. The van der Waals surface area contributed by atoms with Crippen LogP contribution in [0.15, 0.2) is 30.3 Å². The Balaban J connectivity index is 2.75. The number of nitrogens with one attached hydrogen (secondary N) is 1. The van der Waals surface area contributed by atoms with Crippen LogP contribution in [0, 0.1) is 0 Å². The second-order valence-corrected chi connectivity index (χ2v) is 2.28. The second-order valence-electron chi connectivity index (χ2n) is 2.28. The first kappa shape index (κ1) is 7.22. The molecule has 0 aliphatic rings. The first-order valence-corrected chi connectivity index (χ1v) is 3.28. The third kappa shape index (κ3) is 1.54. The summed E-state index contributed by atoms with van der Waals surface area (Å²) < 4.78 is 12.0. The van der Waals surface area contributed by atoms with Crippen LogP contribution in [-0.2, 0) is 0 Å². The minimum absolute atomic E-state index is 0.357. The molecule has 0 fully saturated rings. The van der Waals surface area contributed by atoms with Gasteiger partial charge in [-0.3, -0.25) is 4.90 Å². The van der Waals surface area contributed by atoms with E-state index < -0.39 is 0 Å². The lowest BCUT2D eigenvalue weighted by Crippen LogP contribution is -3.03. The van der Waals surface area contributed by atoms with Crippen molar-refractivity contribution in [2.75, 3.05) is 13.8 Å². The van der Waals surface area contributed by atoms with E-state index in [1.165, 1.54) is 0 Å². The highest BCUT2D eigenvalue weighted by atomic mass is 19.1. The van der Waals surface area contributed by atoms with E-state index in [0.29, 0.717) is 0 Å². The summed E-state index contributed by atoms with van der Waals surface area (Å²) in [6.45, 7) is -0.357. The summed E-state index contributed by atoms with van der Waals surface area (Å²) in [6, 6.07) is 9.57. The number of halogens is 1. The van der Waals surface area contributed by atoms with Crippen LogP contribution < -0.4 is 4.90 Å². The standard InChI is InChI=1S/C8H10FN/c1-10(7-9)8-5-3-2-4-6-8/h2-6H,7H2,1H3/p+1. The molecule has 0 saturated heterocycles. The SMILES string of the molecule is C[NH+](CF)c1ccccc1. The van der Waals surface area contributed by atoms with Crippen molar-refractivity contribution in [3.8, 4) is 0 Å². The smallest absolute Gasteiger partial charge is 0.225 e. The van der Waals surface area contributed by atoms with E-state index in [0.717, 1.165) is 10.6 Å². The molecular weight excluding hydrogens is 129 g/mol. The Morgan fingerprint density at radius 2 is 1.90 bits per heavy atom. The highest BCUT2D eigenvalue weighted by Gasteiger charge is 2.01. The van der Waals surface area contributed by atoms with Gasteiger partial charge >= 0.3 is 0 Å². The van der Waals surface area contributed by atoms with Gasteiger partial charge in [-0.2, -0.15) is 4.39 Å². The molecule has 0 aromatic heterocycles. The Kier molecular flexibility index (Phi) is 2.40. The molecule has 1 unspecified atom stereocenters. The van der Waals surface area contributed by atoms with E-state index >= 15 is 0 Å². The third-order valence-corrected chi connectivity index (χ3v) is 1.47. The molecule has 0 spiro atoms. The van der Waals surface area contributed by atoms with Gasteiger partial charge in [0.15, 0.2) is 0 Å². The summed E-state index contributed by atoms with van der Waals surface area (Å²) in [6.07, 6.45) is 0. The van der Waals surface area contributed by atoms with Crippen LogP contribution in [0.2, 0.25) is 0 Å². The molecule has 1 rings (SSSR count). The number of hydrogen-bond donors (Lipinski definition) is 1. The predicted molar refractivity (Wildman–Crippen MR) is 39.0 cm³/mol.